The second-order valence-corrected chi connectivity index (χ2v) is 6.60. The molecule has 23 heavy (non-hydrogen) atoms. The standard InChI is InChI=1S/C18H24N2O2S/c1-14(2)22-17-5-3-4-15(10-17)12-20-18-11-16(6-7-19-18)13-23-9-8-21/h3-7,10-11,14,21H,8-9,12-13H2,1-2H3,(H,19,20). The molecule has 0 atom stereocenters. The van der Waals surface area contributed by atoms with Crippen LogP contribution < -0.4 is 10.1 Å². The highest BCUT2D eigenvalue weighted by Gasteiger charge is 2.01. The highest BCUT2D eigenvalue weighted by atomic mass is 32.2. The molecule has 0 bridgehead atoms. The van der Waals surface area contributed by atoms with Gasteiger partial charge in [-0.15, -0.1) is 0 Å². The van der Waals surface area contributed by atoms with Gasteiger partial charge in [-0.2, -0.15) is 11.8 Å². The first-order valence-electron chi connectivity index (χ1n) is 7.80. The van der Waals surface area contributed by atoms with E-state index in [-0.39, 0.29) is 12.7 Å². The fraction of sp³-hybridized carbons (Fsp3) is 0.389. The number of hydrogen-bond acceptors (Lipinski definition) is 5. The zero-order valence-electron chi connectivity index (χ0n) is 13.7. The number of benzene rings is 1. The molecule has 0 saturated carbocycles. The van der Waals surface area contributed by atoms with E-state index in [0.29, 0.717) is 6.54 Å². The number of nitrogens with zero attached hydrogens (tertiary/aromatic N) is 1. The molecule has 2 rings (SSSR count). The van der Waals surface area contributed by atoms with Gasteiger partial charge in [-0.05, 0) is 49.2 Å². The van der Waals surface area contributed by atoms with Crippen molar-refractivity contribution >= 4 is 17.6 Å². The van der Waals surface area contributed by atoms with Gasteiger partial charge in [0.1, 0.15) is 11.6 Å². The van der Waals surface area contributed by atoms with E-state index < -0.39 is 0 Å². The van der Waals surface area contributed by atoms with Gasteiger partial charge in [-0.25, -0.2) is 4.98 Å². The number of anilines is 1. The maximum Gasteiger partial charge on any atom is 0.126 e. The fourth-order valence-corrected chi connectivity index (χ4v) is 2.80. The molecule has 0 aliphatic heterocycles. The SMILES string of the molecule is CC(C)Oc1cccc(CNc2cc(CSCCO)ccn2)c1. The van der Waals surface area contributed by atoms with Crippen molar-refractivity contribution in [3.63, 3.8) is 0 Å². The Balaban J connectivity index is 1.91. The largest absolute Gasteiger partial charge is 0.491 e. The lowest BCUT2D eigenvalue weighted by atomic mass is 10.2. The topological polar surface area (TPSA) is 54.4 Å². The summed E-state index contributed by atoms with van der Waals surface area (Å²) in [6.45, 7) is 4.97. The normalized spacial score (nSPS) is 10.8. The smallest absolute Gasteiger partial charge is 0.126 e. The average Bonchev–Trinajstić information content (AvgIpc) is 2.53. The lowest BCUT2D eigenvalue weighted by Gasteiger charge is -2.12. The van der Waals surface area contributed by atoms with Gasteiger partial charge in [-0.1, -0.05) is 12.1 Å². The molecule has 0 amide bonds. The molecule has 1 aromatic carbocycles. The number of nitrogens with one attached hydrogen (secondary N) is 1. The first kappa shape index (κ1) is 17.6. The van der Waals surface area contributed by atoms with E-state index >= 15 is 0 Å². The Bertz CT molecular complexity index is 605. The number of rotatable bonds is 9. The molecule has 124 valence electrons. The van der Waals surface area contributed by atoms with Gasteiger partial charge in [-0.3, -0.25) is 0 Å². The second-order valence-electron chi connectivity index (χ2n) is 5.49. The van der Waals surface area contributed by atoms with Crippen molar-refractivity contribution in [2.24, 2.45) is 0 Å². The zero-order valence-corrected chi connectivity index (χ0v) is 14.5. The van der Waals surface area contributed by atoms with Crippen molar-refractivity contribution in [1.29, 1.82) is 0 Å². The van der Waals surface area contributed by atoms with Gasteiger partial charge in [0, 0.05) is 24.2 Å². The molecule has 0 aliphatic rings. The molecule has 0 radical (unpaired) electrons. The van der Waals surface area contributed by atoms with Crippen LogP contribution in [0.5, 0.6) is 5.75 Å². The van der Waals surface area contributed by atoms with Crippen LogP contribution in [0.25, 0.3) is 0 Å². The monoisotopic (exact) mass is 332 g/mol. The number of pyridine rings is 1. The number of aromatic nitrogens is 1. The highest BCUT2D eigenvalue weighted by molar-refractivity contribution is 7.98. The maximum atomic E-state index is 8.83. The molecule has 0 saturated heterocycles. The molecular formula is C18H24N2O2S. The Hall–Kier alpha value is -1.72. The molecule has 0 unspecified atom stereocenters. The number of ether oxygens (including phenoxy) is 1. The molecule has 5 heteroatoms. The first-order valence-corrected chi connectivity index (χ1v) is 8.96. The highest BCUT2D eigenvalue weighted by Crippen LogP contribution is 2.17. The third kappa shape index (κ3) is 6.50. The van der Waals surface area contributed by atoms with Gasteiger partial charge in [0.05, 0.1) is 12.7 Å². The van der Waals surface area contributed by atoms with E-state index in [1.807, 2.05) is 44.3 Å². The molecule has 2 aromatic rings. The van der Waals surface area contributed by atoms with Crippen LogP contribution in [0, 0.1) is 0 Å². The van der Waals surface area contributed by atoms with Crippen molar-refractivity contribution in [2.45, 2.75) is 32.2 Å². The number of aliphatic hydroxyl groups is 1. The second kappa shape index (κ2) is 9.43. The summed E-state index contributed by atoms with van der Waals surface area (Å²) in [7, 11) is 0. The van der Waals surface area contributed by atoms with E-state index in [1.54, 1.807) is 11.8 Å². The molecule has 1 heterocycles. The van der Waals surface area contributed by atoms with Crippen LogP contribution in [-0.2, 0) is 12.3 Å². The van der Waals surface area contributed by atoms with Crippen LogP contribution in [0.4, 0.5) is 5.82 Å². The molecule has 0 fully saturated rings. The lowest BCUT2D eigenvalue weighted by Crippen LogP contribution is -2.06. The van der Waals surface area contributed by atoms with Crippen molar-refractivity contribution in [3.8, 4) is 5.75 Å². The third-order valence-corrected chi connectivity index (χ3v) is 4.08. The Kier molecular flexibility index (Phi) is 7.23. The van der Waals surface area contributed by atoms with Gasteiger partial charge in [0.15, 0.2) is 0 Å². The Labute approximate surface area is 142 Å². The third-order valence-electron chi connectivity index (χ3n) is 3.07. The Morgan fingerprint density at radius 1 is 1.22 bits per heavy atom. The maximum absolute atomic E-state index is 8.83. The zero-order chi connectivity index (χ0) is 16.5. The molecular weight excluding hydrogens is 308 g/mol. The predicted molar refractivity (Wildman–Crippen MR) is 97.0 cm³/mol. The summed E-state index contributed by atoms with van der Waals surface area (Å²) in [4.78, 5) is 4.35. The molecule has 1 aromatic heterocycles. The quantitative estimate of drug-likeness (QED) is 0.686. The molecule has 0 aliphatic carbocycles. The number of hydrogen-bond donors (Lipinski definition) is 2. The summed E-state index contributed by atoms with van der Waals surface area (Å²) in [5.41, 5.74) is 2.36. The van der Waals surface area contributed by atoms with Gasteiger partial charge in [0.25, 0.3) is 0 Å². The van der Waals surface area contributed by atoms with E-state index in [0.717, 1.165) is 28.6 Å². The van der Waals surface area contributed by atoms with Crippen molar-refractivity contribution in [2.75, 3.05) is 17.7 Å². The van der Waals surface area contributed by atoms with Crippen LogP contribution in [0.15, 0.2) is 42.6 Å². The number of thioether (sulfide) groups is 1. The van der Waals surface area contributed by atoms with Gasteiger partial charge in [0.2, 0.25) is 0 Å². The average molecular weight is 332 g/mol. The summed E-state index contributed by atoms with van der Waals surface area (Å²) in [5.74, 6) is 3.40. The van der Waals surface area contributed by atoms with Crippen LogP contribution in [0.1, 0.15) is 25.0 Å². The van der Waals surface area contributed by atoms with Crippen LogP contribution in [0.2, 0.25) is 0 Å². The van der Waals surface area contributed by atoms with E-state index in [1.165, 1.54) is 5.56 Å². The minimum Gasteiger partial charge on any atom is -0.491 e. The summed E-state index contributed by atoms with van der Waals surface area (Å²) in [6, 6.07) is 12.2. The van der Waals surface area contributed by atoms with Crippen molar-refractivity contribution in [3.05, 3.63) is 53.7 Å². The fourth-order valence-electron chi connectivity index (χ4n) is 2.11. The van der Waals surface area contributed by atoms with Gasteiger partial charge < -0.3 is 15.2 Å². The summed E-state index contributed by atoms with van der Waals surface area (Å²) in [6.07, 6.45) is 1.99. The van der Waals surface area contributed by atoms with E-state index in [4.69, 9.17) is 9.84 Å². The van der Waals surface area contributed by atoms with Crippen molar-refractivity contribution in [1.82, 2.24) is 4.98 Å². The van der Waals surface area contributed by atoms with Crippen LogP contribution >= 0.6 is 11.8 Å². The summed E-state index contributed by atoms with van der Waals surface area (Å²) in [5, 5.41) is 12.2. The van der Waals surface area contributed by atoms with E-state index in [9.17, 15) is 0 Å². The lowest BCUT2D eigenvalue weighted by molar-refractivity contribution is 0.242. The minimum atomic E-state index is 0.174. The minimum absolute atomic E-state index is 0.174. The van der Waals surface area contributed by atoms with E-state index in [2.05, 4.69) is 22.4 Å². The predicted octanol–water partition coefficient (Wildman–Crippen LogP) is 3.71. The number of aliphatic hydroxyl groups excluding tert-OH is 1. The molecule has 2 N–H and O–H groups in total. The summed E-state index contributed by atoms with van der Waals surface area (Å²) >= 11 is 1.72. The van der Waals surface area contributed by atoms with Crippen molar-refractivity contribution < 1.29 is 9.84 Å². The molecule has 0 spiro atoms. The Morgan fingerprint density at radius 2 is 2.09 bits per heavy atom. The Morgan fingerprint density at radius 3 is 2.87 bits per heavy atom. The first-order chi connectivity index (χ1) is 11.2. The van der Waals surface area contributed by atoms with Crippen LogP contribution in [-0.4, -0.2) is 28.6 Å². The summed E-state index contributed by atoms with van der Waals surface area (Å²) < 4.78 is 5.71. The molecule has 4 nitrogen and oxygen atoms in total. The van der Waals surface area contributed by atoms with Crippen LogP contribution in [0.3, 0.4) is 0 Å². The van der Waals surface area contributed by atoms with Gasteiger partial charge >= 0.3 is 0 Å².